The van der Waals surface area contributed by atoms with E-state index in [-0.39, 0.29) is 5.54 Å². The van der Waals surface area contributed by atoms with Gasteiger partial charge in [-0.1, -0.05) is 12.2 Å². The molecule has 4 nitrogen and oxygen atoms in total. The van der Waals surface area contributed by atoms with E-state index in [0.717, 1.165) is 0 Å². The zero-order chi connectivity index (χ0) is 7.90. The molecule has 1 N–H and O–H groups in total. The summed E-state index contributed by atoms with van der Waals surface area (Å²) in [6, 6.07) is 0. The first-order valence-electron chi connectivity index (χ1n) is 3.51. The van der Waals surface area contributed by atoms with E-state index >= 15 is 0 Å². The van der Waals surface area contributed by atoms with Crippen LogP contribution in [0.3, 0.4) is 0 Å². The third kappa shape index (κ3) is 0.758. The molecule has 0 aromatic carbocycles. The van der Waals surface area contributed by atoms with E-state index < -0.39 is 6.09 Å². The molecule has 2 rings (SSSR count). The Morgan fingerprint density at radius 3 is 2.73 bits per heavy atom. The predicted octanol–water partition coefficient (Wildman–Crippen LogP) is 0.305. The fourth-order valence-electron chi connectivity index (χ4n) is 1.48. The Morgan fingerprint density at radius 1 is 1.64 bits per heavy atom. The fourth-order valence-corrected chi connectivity index (χ4v) is 1.48. The van der Waals surface area contributed by atoms with Crippen LogP contribution in [0.5, 0.6) is 0 Å². The van der Waals surface area contributed by atoms with Crippen LogP contribution in [0.15, 0.2) is 12.2 Å². The highest BCUT2D eigenvalue weighted by Crippen LogP contribution is 2.30. The lowest BCUT2D eigenvalue weighted by Gasteiger charge is -2.42. The molecule has 2 heterocycles. The molecule has 0 radical (unpaired) electrons. The highest BCUT2D eigenvalue weighted by Gasteiger charge is 2.46. The lowest BCUT2D eigenvalue weighted by atomic mass is 9.98. The normalized spacial score (nSPS) is 25.6. The number of hydrogen-bond acceptors (Lipinski definition) is 2. The molecule has 1 saturated heterocycles. The summed E-state index contributed by atoms with van der Waals surface area (Å²) >= 11 is 0. The van der Waals surface area contributed by atoms with Crippen LogP contribution in [0.25, 0.3) is 0 Å². The molecule has 11 heavy (non-hydrogen) atoms. The van der Waals surface area contributed by atoms with Gasteiger partial charge in [0.1, 0.15) is 5.54 Å². The van der Waals surface area contributed by atoms with Crippen molar-refractivity contribution in [3.63, 3.8) is 0 Å². The summed E-state index contributed by atoms with van der Waals surface area (Å²) in [6.45, 7) is 1.52. The molecule has 0 aromatic heterocycles. The van der Waals surface area contributed by atoms with Gasteiger partial charge in [-0.2, -0.15) is 0 Å². The van der Waals surface area contributed by atoms with E-state index in [9.17, 15) is 4.79 Å². The number of rotatable bonds is 0. The summed E-state index contributed by atoms with van der Waals surface area (Å²) < 4.78 is 4.98. The Bertz CT molecular complexity index is 220. The molecule has 1 spiro atoms. The molecule has 0 saturated carbocycles. The van der Waals surface area contributed by atoms with E-state index in [0.29, 0.717) is 19.8 Å². The van der Waals surface area contributed by atoms with Gasteiger partial charge < -0.3 is 9.84 Å². The van der Waals surface area contributed by atoms with Gasteiger partial charge in [0.15, 0.2) is 0 Å². The van der Waals surface area contributed by atoms with Crippen molar-refractivity contribution in [3.05, 3.63) is 12.2 Å². The first kappa shape index (κ1) is 6.67. The van der Waals surface area contributed by atoms with E-state index in [2.05, 4.69) is 0 Å². The van der Waals surface area contributed by atoms with Crippen molar-refractivity contribution >= 4 is 6.09 Å². The highest BCUT2D eigenvalue weighted by atomic mass is 16.5. The van der Waals surface area contributed by atoms with Crippen LogP contribution >= 0.6 is 0 Å². The molecule has 0 aliphatic carbocycles. The van der Waals surface area contributed by atoms with E-state index in [1.54, 1.807) is 0 Å². The Kier molecular flexibility index (Phi) is 1.20. The SMILES string of the molecule is O=C(O)N1CC=CC12COC2. The molecule has 2 aliphatic heterocycles. The minimum Gasteiger partial charge on any atom is -0.465 e. The van der Waals surface area contributed by atoms with Gasteiger partial charge >= 0.3 is 6.09 Å². The van der Waals surface area contributed by atoms with Gasteiger partial charge in [-0.3, -0.25) is 4.90 Å². The zero-order valence-corrected chi connectivity index (χ0v) is 5.99. The standard InChI is InChI=1S/C7H9NO3/c9-6(10)8-3-1-2-7(8)4-11-5-7/h1-2H,3-5H2,(H,9,10). The summed E-state index contributed by atoms with van der Waals surface area (Å²) in [7, 11) is 0. The van der Waals surface area contributed by atoms with Crippen molar-refractivity contribution in [3.8, 4) is 0 Å². The number of carbonyl (C=O) groups is 1. The minimum absolute atomic E-state index is 0.314. The van der Waals surface area contributed by atoms with Gasteiger partial charge in [-0.15, -0.1) is 0 Å². The third-order valence-corrected chi connectivity index (χ3v) is 2.19. The molecule has 1 fully saturated rings. The quantitative estimate of drug-likeness (QED) is 0.512. The van der Waals surface area contributed by atoms with Crippen LogP contribution < -0.4 is 0 Å². The average molecular weight is 155 g/mol. The van der Waals surface area contributed by atoms with Crippen LogP contribution in [0, 0.1) is 0 Å². The second-order valence-corrected chi connectivity index (χ2v) is 2.89. The molecular weight excluding hydrogens is 146 g/mol. The van der Waals surface area contributed by atoms with E-state index in [1.807, 2.05) is 12.2 Å². The van der Waals surface area contributed by atoms with Crippen molar-refractivity contribution < 1.29 is 14.6 Å². The summed E-state index contributed by atoms with van der Waals surface area (Å²) in [4.78, 5) is 12.1. The summed E-state index contributed by atoms with van der Waals surface area (Å²) in [5.41, 5.74) is -0.314. The largest absolute Gasteiger partial charge is 0.465 e. The van der Waals surface area contributed by atoms with Crippen LogP contribution in [0.2, 0.25) is 0 Å². The van der Waals surface area contributed by atoms with Crippen molar-refractivity contribution in [1.82, 2.24) is 4.90 Å². The Hall–Kier alpha value is -1.03. The van der Waals surface area contributed by atoms with Gasteiger partial charge in [-0.25, -0.2) is 4.79 Å². The molecule has 0 unspecified atom stereocenters. The van der Waals surface area contributed by atoms with Crippen LogP contribution in [-0.4, -0.2) is 41.4 Å². The molecule has 1 amide bonds. The number of hydrogen-bond donors (Lipinski definition) is 1. The molecule has 60 valence electrons. The van der Waals surface area contributed by atoms with Crippen molar-refractivity contribution in [2.24, 2.45) is 0 Å². The lowest BCUT2D eigenvalue weighted by molar-refractivity contribution is -0.0921. The summed E-state index contributed by atoms with van der Waals surface area (Å²) in [5, 5.41) is 8.74. The predicted molar refractivity (Wildman–Crippen MR) is 37.4 cm³/mol. The van der Waals surface area contributed by atoms with Gasteiger partial charge in [0.2, 0.25) is 0 Å². The number of amides is 1. The van der Waals surface area contributed by atoms with Crippen molar-refractivity contribution in [1.29, 1.82) is 0 Å². The lowest BCUT2D eigenvalue weighted by Crippen LogP contribution is -2.60. The minimum atomic E-state index is -0.863. The smallest absolute Gasteiger partial charge is 0.408 e. The van der Waals surface area contributed by atoms with E-state index in [1.165, 1.54) is 4.90 Å². The first-order valence-corrected chi connectivity index (χ1v) is 3.51. The highest BCUT2D eigenvalue weighted by molar-refractivity contribution is 5.68. The monoisotopic (exact) mass is 155 g/mol. The Labute approximate surface area is 64.1 Å². The second-order valence-electron chi connectivity index (χ2n) is 2.89. The van der Waals surface area contributed by atoms with Gasteiger partial charge in [-0.05, 0) is 0 Å². The number of nitrogens with zero attached hydrogens (tertiary/aromatic N) is 1. The zero-order valence-electron chi connectivity index (χ0n) is 5.99. The molecular formula is C7H9NO3. The van der Waals surface area contributed by atoms with Crippen LogP contribution in [0.4, 0.5) is 4.79 Å². The molecule has 2 aliphatic rings. The fraction of sp³-hybridized carbons (Fsp3) is 0.571. The van der Waals surface area contributed by atoms with Gasteiger partial charge in [0.05, 0.1) is 13.2 Å². The topological polar surface area (TPSA) is 49.8 Å². The van der Waals surface area contributed by atoms with Crippen molar-refractivity contribution in [2.75, 3.05) is 19.8 Å². The molecule has 4 heteroatoms. The maximum atomic E-state index is 10.6. The Morgan fingerprint density at radius 2 is 2.36 bits per heavy atom. The van der Waals surface area contributed by atoms with Crippen molar-refractivity contribution in [2.45, 2.75) is 5.54 Å². The average Bonchev–Trinajstić information content (AvgIpc) is 2.27. The maximum absolute atomic E-state index is 10.6. The number of ether oxygens (including phenoxy) is 1. The van der Waals surface area contributed by atoms with E-state index in [4.69, 9.17) is 9.84 Å². The van der Waals surface area contributed by atoms with Gasteiger partial charge in [0, 0.05) is 6.54 Å². The molecule has 0 aromatic rings. The van der Waals surface area contributed by atoms with Gasteiger partial charge in [0.25, 0.3) is 0 Å². The second kappa shape index (κ2) is 1.98. The maximum Gasteiger partial charge on any atom is 0.408 e. The van der Waals surface area contributed by atoms with Crippen LogP contribution in [0.1, 0.15) is 0 Å². The Balaban J connectivity index is 2.18. The summed E-state index contributed by atoms with van der Waals surface area (Å²) in [5.74, 6) is 0. The molecule has 0 atom stereocenters. The summed E-state index contributed by atoms with van der Waals surface area (Å²) in [6.07, 6.45) is 2.93. The first-order chi connectivity index (χ1) is 5.25. The molecule has 0 bridgehead atoms. The third-order valence-electron chi connectivity index (χ3n) is 2.19. The number of carboxylic acid groups (broad SMARTS) is 1. The van der Waals surface area contributed by atoms with Crippen LogP contribution in [-0.2, 0) is 4.74 Å².